The molecule has 1 rings (SSSR count). The van der Waals surface area contributed by atoms with Crippen molar-refractivity contribution in [2.24, 2.45) is 0 Å². The number of rotatable bonds is 2. The minimum Gasteiger partial charge on any atom is -0.496 e. The van der Waals surface area contributed by atoms with Gasteiger partial charge >= 0.3 is 5.97 Å². The van der Waals surface area contributed by atoms with Crippen LogP contribution in [0, 0.1) is 18.3 Å². The van der Waals surface area contributed by atoms with Crippen LogP contribution in [-0.2, 0) is 4.74 Å². The monoisotopic (exact) mass is 205 g/mol. The van der Waals surface area contributed by atoms with Crippen LogP contribution in [0.3, 0.4) is 0 Å². The second-order valence-corrected chi connectivity index (χ2v) is 2.97. The highest BCUT2D eigenvalue weighted by molar-refractivity contribution is 5.93. The van der Waals surface area contributed by atoms with E-state index in [9.17, 15) is 4.79 Å². The fourth-order valence-electron chi connectivity index (χ4n) is 1.25. The molecule has 15 heavy (non-hydrogen) atoms. The van der Waals surface area contributed by atoms with Crippen molar-refractivity contribution < 1.29 is 14.3 Å². The Morgan fingerprint density at radius 1 is 1.40 bits per heavy atom. The van der Waals surface area contributed by atoms with E-state index in [1.54, 1.807) is 13.0 Å². The molecule has 0 saturated carbocycles. The van der Waals surface area contributed by atoms with Gasteiger partial charge in [0.05, 0.1) is 25.9 Å². The molecule has 0 aliphatic rings. The first kappa shape index (κ1) is 11.1. The van der Waals surface area contributed by atoms with E-state index in [4.69, 9.17) is 10.00 Å². The summed E-state index contributed by atoms with van der Waals surface area (Å²) >= 11 is 0. The normalized spacial score (nSPS) is 9.20. The van der Waals surface area contributed by atoms with Gasteiger partial charge < -0.3 is 9.47 Å². The van der Waals surface area contributed by atoms with Gasteiger partial charge in [0.2, 0.25) is 0 Å². The largest absolute Gasteiger partial charge is 0.496 e. The standard InChI is InChI=1S/C11H11NO3/c1-7-4-9(11(13)15-3)10(14-2)5-8(7)6-12/h4-5H,1-3H3. The summed E-state index contributed by atoms with van der Waals surface area (Å²) in [7, 11) is 2.74. The highest BCUT2D eigenvalue weighted by Crippen LogP contribution is 2.23. The van der Waals surface area contributed by atoms with Crippen molar-refractivity contribution in [3.63, 3.8) is 0 Å². The van der Waals surface area contributed by atoms with Crippen LogP contribution in [0.5, 0.6) is 5.75 Å². The molecule has 0 saturated heterocycles. The van der Waals surface area contributed by atoms with E-state index >= 15 is 0 Å². The average Bonchev–Trinajstić information content (AvgIpc) is 2.27. The van der Waals surface area contributed by atoms with E-state index < -0.39 is 5.97 Å². The second kappa shape index (κ2) is 4.47. The predicted octanol–water partition coefficient (Wildman–Crippen LogP) is 1.66. The highest BCUT2D eigenvalue weighted by atomic mass is 16.5. The summed E-state index contributed by atoms with van der Waals surface area (Å²) < 4.78 is 9.62. The van der Waals surface area contributed by atoms with Crippen molar-refractivity contribution in [3.8, 4) is 11.8 Å². The molecule has 0 unspecified atom stereocenters. The third-order valence-corrected chi connectivity index (χ3v) is 2.07. The van der Waals surface area contributed by atoms with Crippen molar-refractivity contribution >= 4 is 5.97 Å². The Labute approximate surface area is 88.0 Å². The number of methoxy groups -OCH3 is 2. The molecular formula is C11H11NO3. The minimum absolute atomic E-state index is 0.330. The Morgan fingerprint density at radius 2 is 2.07 bits per heavy atom. The molecule has 4 nitrogen and oxygen atoms in total. The number of carbonyl (C=O) groups is 1. The van der Waals surface area contributed by atoms with Crippen molar-refractivity contribution in [2.75, 3.05) is 14.2 Å². The van der Waals surface area contributed by atoms with Crippen LogP contribution in [0.4, 0.5) is 0 Å². The Bertz CT molecular complexity index is 432. The molecule has 0 heterocycles. The van der Waals surface area contributed by atoms with Gasteiger partial charge in [-0.3, -0.25) is 0 Å². The van der Waals surface area contributed by atoms with Gasteiger partial charge in [0.15, 0.2) is 0 Å². The summed E-state index contributed by atoms with van der Waals surface area (Å²) in [5.74, 6) is -0.122. The number of carbonyl (C=O) groups excluding carboxylic acids is 1. The minimum atomic E-state index is -0.473. The zero-order valence-electron chi connectivity index (χ0n) is 8.83. The Kier molecular flexibility index (Phi) is 3.29. The molecule has 0 amide bonds. The summed E-state index contributed by atoms with van der Waals surface area (Å²) in [6.45, 7) is 1.75. The molecule has 0 atom stereocenters. The molecule has 0 radical (unpaired) electrons. The SMILES string of the molecule is COC(=O)c1cc(C)c(C#N)cc1OC. The zero-order chi connectivity index (χ0) is 11.4. The van der Waals surface area contributed by atoms with Gasteiger partial charge in [-0.05, 0) is 24.6 Å². The number of benzene rings is 1. The molecule has 0 bridgehead atoms. The summed E-state index contributed by atoms with van der Waals surface area (Å²) in [5, 5.41) is 8.80. The van der Waals surface area contributed by atoms with Crippen molar-refractivity contribution in [1.82, 2.24) is 0 Å². The molecule has 78 valence electrons. The molecule has 0 spiro atoms. The molecule has 0 aromatic heterocycles. The van der Waals surface area contributed by atoms with Crippen LogP contribution in [-0.4, -0.2) is 20.2 Å². The fourth-order valence-corrected chi connectivity index (χ4v) is 1.25. The van der Waals surface area contributed by atoms with Crippen LogP contribution >= 0.6 is 0 Å². The summed E-state index contributed by atoms with van der Waals surface area (Å²) in [6.07, 6.45) is 0. The van der Waals surface area contributed by atoms with Crippen LogP contribution in [0.2, 0.25) is 0 Å². The molecule has 1 aromatic carbocycles. The fraction of sp³-hybridized carbons (Fsp3) is 0.273. The first-order valence-electron chi connectivity index (χ1n) is 4.31. The Hall–Kier alpha value is -2.02. The van der Waals surface area contributed by atoms with Gasteiger partial charge in [-0.15, -0.1) is 0 Å². The van der Waals surface area contributed by atoms with Crippen LogP contribution in [0.25, 0.3) is 0 Å². The van der Waals surface area contributed by atoms with Gasteiger partial charge in [0.25, 0.3) is 0 Å². The van der Waals surface area contributed by atoms with E-state index in [1.807, 2.05) is 6.07 Å². The molecular weight excluding hydrogens is 194 g/mol. The van der Waals surface area contributed by atoms with E-state index in [2.05, 4.69) is 4.74 Å². The highest BCUT2D eigenvalue weighted by Gasteiger charge is 2.14. The summed E-state index contributed by atoms with van der Waals surface area (Å²) in [5.41, 5.74) is 1.54. The number of esters is 1. The third-order valence-electron chi connectivity index (χ3n) is 2.07. The Balaban J connectivity index is 3.35. The average molecular weight is 205 g/mol. The first-order valence-corrected chi connectivity index (χ1v) is 4.31. The van der Waals surface area contributed by atoms with Gasteiger partial charge in [0.1, 0.15) is 11.3 Å². The van der Waals surface area contributed by atoms with E-state index in [0.29, 0.717) is 16.9 Å². The lowest BCUT2D eigenvalue weighted by Gasteiger charge is -2.08. The van der Waals surface area contributed by atoms with Gasteiger partial charge in [0, 0.05) is 0 Å². The molecule has 0 fully saturated rings. The van der Waals surface area contributed by atoms with Gasteiger partial charge in [-0.1, -0.05) is 0 Å². The number of nitriles is 1. The summed E-state index contributed by atoms with van der Waals surface area (Å²) in [6, 6.07) is 5.14. The van der Waals surface area contributed by atoms with Crippen molar-refractivity contribution in [3.05, 3.63) is 28.8 Å². The zero-order valence-corrected chi connectivity index (χ0v) is 8.83. The number of hydrogen-bond acceptors (Lipinski definition) is 4. The maximum absolute atomic E-state index is 11.4. The second-order valence-electron chi connectivity index (χ2n) is 2.97. The lowest BCUT2D eigenvalue weighted by atomic mass is 10.0. The maximum atomic E-state index is 11.4. The molecule has 0 aliphatic carbocycles. The topological polar surface area (TPSA) is 59.3 Å². The lowest BCUT2D eigenvalue weighted by Crippen LogP contribution is -2.05. The first-order chi connectivity index (χ1) is 7.13. The number of ether oxygens (including phenoxy) is 2. The van der Waals surface area contributed by atoms with Crippen LogP contribution in [0.1, 0.15) is 21.5 Å². The molecule has 1 aromatic rings. The van der Waals surface area contributed by atoms with Crippen molar-refractivity contribution in [2.45, 2.75) is 6.92 Å². The molecule has 0 N–H and O–H groups in total. The van der Waals surface area contributed by atoms with Crippen LogP contribution < -0.4 is 4.74 Å². The summed E-state index contributed by atoms with van der Waals surface area (Å²) in [4.78, 5) is 11.4. The van der Waals surface area contributed by atoms with Crippen molar-refractivity contribution in [1.29, 1.82) is 5.26 Å². The molecule has 0 aliphatic heterocycles. The van der Waals surface area contributed by atoms with E-state index in [0.717, 1.165) is 5.56 Å². The van der Waals surface area contributed by atoms with Gasteiger partial charge in [-0.2, -0.15) is 5.26 Å². The number of nitrogens with zero attached hydrogens (tertiary/aromatic N) is 1. The van der Waals surface area contributed by atoms with Gasteiger partial charge in [-0.25, -0.2) is 4.79 Å². The predicted molar refractivity (Wildman–Crippen MR) is 53.8 cm³/mol. The van der Waals surface area contributed by atoms with E-state index in [1.165, 1.54) is 20.3 Å². The number of aryl methyl sites for hydroxylation is 1. The third kappa shape index (κ3) is 2.08. The quantitative estimate of drug-likeness (QED) is 0.689. The van der Waals surface area contributed by atoms with E-state index in [-0.39, 0.29) is 0 Å². The Morgan fingerprint density at radius 3 is 2.53 bits per heavy atom. The maximum Gasteiger partial charge on any atom is 0.341 e. The lowest BCUT2D eigenvalue weighted by molar-refractivity contribution is 0.0597. The number of hydrogen-bond donors (Lipinski definition) is 0. The molecule has 4 heteroatoms. The smallest absolute Gasteiger partial charge is 0.341 e. The van der Waals surface area contributed by atoms with Crippen LogP contribution in [0.15, 0.2) is 12.1 Å².